The maximum absolute atomic E-state index is 13.1. The summed E-state index contributed by atoms with van der Waals surface area (Å²) in [4.78, 5) is 0. The van der Waals surface area contributed by atoms with Gasteiger partial charge in [-0.1, -0.05) is 31.5 Å². The number of benzene rings is 1. The van der Waals surface area contributed by atoms with Crippen molar-refractivity contribution in [2.24, 2.45) is 5.92 Å². The Balaban J connectivity index is 2.90. The molecule has 0 saturated heterocycles. The number of aryl methyl sites for hydroxylation is 1. The molecule has 0 nitrogen and oxygen atoms in total. The fourth-order valence-electron chi connectivity index (χ4n) is 1.30. The van der Waals surface area contributed by atoms with Crippen LogP contribution in [-0.4, -0.2) is 0 Å². The van der Waals surface area contributed by atoms with Crippen molar-refractivity contribution in [2.45, 2.75) is 27.2 Å². The second kappa shape index (κ2) is 3.70. The van der Waals surface area contributed by atoms with Gasteiger partial charge < -0.3 is 0 Å². The number of rotatable bonds is 2. The Kier molecular flexibility index (Phi) is 2.85. The van der Waals surface area contributed by atoms with Gasteiger partial charge in [-0.2, -0.15) is 0 Å². The Morgan fingerprint density at radius 2 is 2.00 bits per heavy atom. The summed E-state index contributed by atoms with van der Waals surface area (Å²) in [5.74, 6) is 0.440. The molecule has 0 aliphatic carbocycles. The average molecular weight is 166 g/mol. The van der Waals surface area contributed by atoms with Crippen LogP contribution < -0.4 is 0 Å². The van der Waals surface area contributed by atoms with Crippen LogP contribution in [0.15, 0.2) is 18.2 Å². The zero-order valence-electron chi connectivity index (χ0n) is 7.89. The first-order valence-electron chi connectivity index (χ1n) is 4.34. The maximum atomic E-state index is 13.1. The third kappa shape index (κ3) is 2.33. The van der Waals surface area contributed by atoms with Gasteiger partial charge in [-0.3, -0.25) is 0 Å². The van der Waals surface area contributed by atoms with Crippen LogP contribution in [0.25, 0.3) is 0 Å². The molecule has 1 heteroatoms. The standard InChI is InChI=1S/C11H15F/c1-8(2)6-10-7-9(3)4-5-11(10)12/h4-5,7-8H,6H2,1-3H3. The van der Waals surface area contributed by atoms with Crippen molar-refractivity contribution < 1.29 is 4.39 Å². The highest BCUT2D eigenvalue weighted by Crippen LogP contribution is 2.14. The molecule has 0 aliphatic rings. The molecule has 0 radical (unpaired) electrons. The largest absolute Gasteiger partial charge is 0.207 e. The van der Waals surface area contributed by atoms with Crippen molar-refractivity contribution in [3.8, 4) is 0 Å². The van der Waals surface area contributed by atoms with Gasteiger partial charge in [0.15, 0.2) is 0 Å². The monoisotopic (exact) mass is 166 g/mol. The average Bonchev–Trinajstić information content (AvgIpc) is 1.96. The van der Waals surface area contributed by atoms with Crippen molar-refractivity contribution in [3.05, 3.63) is 35.1 Å². The van der Waals surface area contributed by atoms with Crippen LogP contribution in [0.2, 0.25) is 0 Å². The van der Waals surface area contributed by atoms with Crippen LogP contribution in [0.1, 0.15) is 25.0 Å². The van der Waals surface area contributed by atoms with Crippen molar-refractivity contribution in [1.29, 1.82) is 0 Å². The summed E-state index contributed by atoms with van der Waals surface area (Å²) in [6.45, 7) is 6.19. The molecule has 0 aromatic heterocycles. The van der Waals surface area contributed by atoms with Gasteiger partial charge in [-0.15, -0.1) is 0 Å². The maximum Gasteiger partial charge on any atom is 0.126 e. The van der Waals surface area contributed by atoms with E-state index in [1.165, 1.54) is 0 Å². The Hall–Kier alpha value is -0.850. The molecule has 0 aliphatic heterocycles. The van der Waals surface area contributed by atoms with Crippen molar-refractivity contribution >= 4 is 0 Å². The Bertz CT molecular complexity index is 264. The zero-order chi connectivity index (χ0) is 9.14. The van der Waals surface area contributed by atoms with Crippen molar-refractivity contribution in [1.82, 2.24) is 0 Å². The number of halogens is 1. The molecule has 0 saturated carbocycles. The third-order valence-electron chi connectivity index (χ3n) is 1.83. The molecule has 1 rings (SSSR count). The summed E-state index contributed by atoms with van der Waals surface area (Å²) in [5, 5.41) is 0. The van der Waals surface area contributed by atoms with Gasteiger partial charge in [-0.25, -0.2) is 4.39 Å². The Morgan fingerprint density at radius 3 is 2.58 bits per heavy atom. The molecule has 0 spiro atoms. The van der Waals surface area contributed by atoms with Crippen LogP contribution in [0.5, 0.6) is 0 Å². The van der Waals surface area contributed by atoms with Crippen LogP contribution >= 0.6 is 0 Å². The van der Waals surface area contributed by atoms with E-state index in [1.54, 1.807) is 12.1 Å². The van der Waals surface area contributed by atoms with Gasteiger partial charge in [0, 0.05) is 0 Å². The summed E-state index contributed by atoms with van der Waals surface area (Å²) in [6, 6.07) is 5.28. The minimum atomic E-state index is -0.0747. The molecule has 0 bridgehead atoms. The third-order valence-corrected chi connectivity index (χ3v) is 1.83. The summed E-state index contributed by atoms with van der Waals surface area (Å²) in [7, 11) is 0. The minimum absolute atomic E-state index is 0.0747. The van der Waals surface area contributed by atoms with Crippen molar-refractivity contribution in [2.75, 3.05) is 0 Å². The van der Waals surface area contributed by atoms with Crippen LogP contribution in [0, 0.1) is 18.7 Å². The first-order valence-corrected chi connectivity index (χ1v) is 4.34. The predicted molar refractivity (Wildman–Crippen MR) is 49.7 cm³/mol. The molecule has 12 heavy (non-hydrogen) atoms. The van der Waals surface area contributed by atoms with E-state index in [4.69, 9.17) is 0 Å². The van der Waals surface area contributed by atoms with Gasteiger partial charge in [0.1, 0.15) is 5.82 Å². The molecule has 0 amide bonds. The lowest BCUT2D eigenvalue weighted by atomic mass is 10.0. The predicted octanol–water partition coefficient (Wildman–Crippen LogP) is 3.33. The molecule has 0 heterocycles. The summed E-state index contributed by atoms with van der Waals surface area (Å²) in [5.41, 5.74) is 1.97. The lowest BCUT2D eigenvalue weighted by molar-refractivity contribution is 0.573. The minimum Gasteiger partial charge on any atom is -0.207 e. The number of hydrogen-bond donors (Lipinski definition) is 0. The van der Waals surface area contributed by atoms with Gasteiger partial charge in [0.25, 0.3) is 0 Å². The van der Waals surface area contributed by atoms with Gasteiger partial charge >= 0.3 is 0 Å². The van der Waals surface area contributed by atoms with Gasteiger partial charge in [-0.05, 0) is 30.9 Å². The zero-order valence-corrected chi connectivity index (χ0v) is 7.89. The van der Waals surface area contributed by atoms with E-state index in [0.717, 1.165) is 17.5 Å². The highest BCUT2D eigenvalue weighted by Gasteiger charge is 2.03. The molecule has 0 unspecified atom stereocenters. The Morgan fingerprint density at radius 1 is 1.33 bits per heavy atom. The molecule has 1 aromatic rings. The number of hydrogen-bond acceptors (Lipinski definition) is 0. The van der Waals surface area contributed by atoms with E-state index in [0.29, 0.717) is 5.92 Å². The van der Waals surface area contributed by atoms with Crippen LogP contribution in [-0.2, 0) is 6.42 Å². The quantitative estimate of drug-likeness (QED) is 0.632. The van der Waals surface area contributed by atoms with E-state index in [2.05, 4.69) is 13.8 Å². The van der Waals surface area contributed by atoms with E-state index in [-0.39, 0.29) is 5.82 Å². The first-order chi connectivity index (χ1) is 5.59. The fraction of sp³-hybridized carbons (Fsp3) is 0.455. The summed E-state index contributed by atoms with van der Waals surface area (Å²) in [6.07, 6.45) is 0.827. The Labute approximate surface area is 73.4 Å². The summed E-state index contributed by atoms with van der Waals surface area (Å²) >= 11 is 0. The highest BCUT2D eigenvalue weighted by atomic mass is 19.1. The second-order valence-corrected chi connectivity index (χ2v) is 3.69. The molecule has 66 valence electrons. The smallest absolute Gasteiger partial charge is 0.126 e. The fourth-order valence-corrected chi connectivity index (χ4v) is 1.30. The molecule has 0 atom stereocenters. The summed E-state index contributed by atoms with van der Waals surface area (Å²) < 4.78 is 13.1. The second-order valence-electron chi connectivity index (χ2n) is 3.69. The van der Waals surface area contributed by atoms with Gasteiger partial charge in [0.05, 0.1) is 0 Å². The topological polar surface area (TPSA) is 0 Å². The first kappa shape index (κ1) is 9.24. The SMILES string of the molecule is Cc1ccc(F)c(CC(C)C)c1. The van der Waals surface area contributed by atoms with Crippen LogP contribution in [0.4, 0.5) is 4.39 Å². The normalized spacial score (nSPS) is 10.8. The van der Waals surface area contributed by atoms with E-state index >= 15 is 0 Å². The van der Waals surface area contributed by atoms with E-state index in [9.17, 15) is 4.39 Å². The van der Waals surface area contributed by atoms with Crippen molar-refractivity contribution in [3.63, 3.8) is 0 Å². The van der Waals surface area contributed by atoms with E-state index in [1.807, 2.05) is 13.0 Å². The molecular formula is C11H15F. The van der Waals surface area contributed by atoms with Crippen LogP contribution in [0.3, 0.4) is 0 Å². The van der Waals surface area contributed by atoms with Gasteiger partial charge in [0.2, 0.25) is 0 Å². The lowest BCUT2D eigenvalue weighted by Gasteiger charge is -2.06. The molecular weight excluding hydrogens is 151 g/mol. The molecule has 0 N–H and O–H groups in total. The molecule has 0 fully saturated rings. The van der Waals surface area contributed by atoms with E-state index < -0.39 is 0 Å². The lowest BCUT2D eigenvalue weighted by Crippen LogP contribution is -1.97. The molecule has 1 aromatic carbocycles. The highest BCUT2D eigenvalue weighted by molar-refractivity contribution is 5.24.